The van der Waals surface area contributed by atoms with Gasteiger partial charge in [-0.2, -0.15) is 30.7 Å². The number of halogens is 7. The highest BCUT2D eigenvalue weighted by Gasteiger charge is 2.37. The Morgan fingerprint density at radius 1 is 1.06 bits per heavy atom. The summed E-state index contributed by atoms with van der Waals surface area (Å²) in [4.78, 5) is 36.7. The first-order valence-electron chi connectivity index (χ1n) is 9.00. The van der Waals surface area contributed by atoms with Crippen LogP contribution in [0.25, 0.3) is 0 Å². The Hall–Kier alpha value is -3.16. The van der Waals surface area contributed by atoms with Crippen molar-refractivity contribution in [3.8, 4) is 0 Å². The molecule has 7 nitrogen and oxygen atoms in total. The monoisotopic (exact) mass is 469 g/mol. The summed E-state index contributed by atoms with van der Waals surface area (Å²) in [5.74, 6) is -2.72. The molecule has 1 saturated heterocycles. The highest BCUT2D eigenvalue weighted by molar-refractivity contribution is 5.90. The summed E-state index contributed by atoms with van der Waals surface area (Å²) in [7, 11) is 0. The minimum atomic E-state index is -5.14. The van der Waals surface area contributed by atoms with Crippen molar-refractivity contribution in [1.29, 1.82) is 0 Å². The number of aromatic nitrogens is 2. The number of alkyl halides is 6. The Morgan fingerprint density at radius 2 is 1.66 bits per heavy atom. The molecular weight excluding hydrogens is 455 g/mol. The van der Waals surface area contributed by atoms with Gasteiger partial charge < -0.3 is 10.1 Å². The maximum Gasteiger partial charge on any atom is 0.416 e. The molecule has 0 radical (unpaired) electrons. The van der Waals surface area contributed by atoms with Gasteiger partial charge in [-0.1, -0.05) is 0 Å². The second-order valence-electron chi connectivity index (χ2n) is 6.87. The third-order valence-corrected chi connectivity index (χ3v) is 4.54. The highest BCUT2D eigenvalue weighted by atomic mass is 19.4. The van der Waals surface area contributed by atoms with Crippen LogP contribution in [0, 0.1) is 5.82 Å². The van der Waals surface area contributed by atoms with Crippen LogP contribution in [0.3, 0.4) is 0 Å². The van der Waals surface area contributed by atoms with Crippen LogP contribution in [-0.2, 0) is 28.4 Å². The molecule has 0 spiro atoms. The number of ether oxygens (including phenoxy) is 1. The van der Waals surface area contributed by atoms with E-state index in [0.717, 1.165) is 4.57 Å². The largest absolute Gasteiger partial charge is 0.416 e. The fraction of sp³-hybridized carbons (Fsp3) is 0.389. The number of rotatable bonds is 4. The molecule has 3 rings (SSSR count). The van der Waals surface area contributed by atoms with Gasteiger partial charge in [-0.15, -0.1) is 0 Å². The molecule has 1 aromatic carbocycles. The third kappa shape index (κ3) is 5.00. The minimum Gasteiger partial charge on any atom is -0.358 e. The summed E-state index contributed by atoms with van der Waals surface area (Å²) in [6, 6.07) is 0.380. The third-order valence-electron chi connectivity index (χ3n) is 4.54. The van der Waals surface area contributed by atoms with Gasteiger partial charge >= 0.3 is 18.0 Å². The van der Waals surface area contributed by atoms with Crippen LogP contribution in [-0.4, -0.2) is 21.6 Å². The van der Waals surface area contributed by atoms with Gasteiger partial charge in [0, 0.05) is 12.3 Å². The van der Waals surface area contributed by atoms with Crippen LogP contribution in [0.4, 0.5) is 36.4 Å². The topological polar surface area (TPSA) is 82.3 Å². The number of anilines is 1. The summed E-state index contributed by atoms with van der Waals surface area (Å²) in [6.45, 7) is -0.880. The summed E-state index contributed by atoms with van der Waals surface area (Å²) in [5, 5.41) is 1.78. The van der Waals surface area contributed by atoms with Crippen LogP contribution >= 0.6 is 0 Å². The zero-order valence-electron chi connectivity index (χ0n) is 15.9. The van der Waals surface area contributed by atoms with Crippen LogP contribution < -0.4 is 16.6 Å². The van der Waals surface area contributed by atoms with Crippen molar-refractivity contribution in [3.63, 3.8) is 0 Å². The van der Waals surface area contributed by atoms with Gasteiger partial charge in [0.25, 0.3) is 5.56 Å². The van der Waals surface area contributed by atoms with E-state index in [9.17, 15) is 45.1 Å². The van der Waals surface area contributed by atoms with E-state index >= 15 is 0 Å². The second-order valence-corrected chi connectivity index (χ2v) is 6.87. The molecule has 1 fully saturated rings. The SMILES string of the molecule is O=C(Cn1c(=O)c(F)cn(C2CCCO2)c1=O)Nc1cc(C(F)(F)F)cc(C(F)(F)F)c1. The molecular formula is C18H14F7N3O4. The van der Waals surface area contributed by atoms with Crippen molar-refractivity contribution in [2.75, 3.05) is 11.9 Å². The lowest BCUT2D eigenvalue weighted by Gasteiger charge is -2.16. The predicted molar refractivity (Wildman–Crippen MR) is 94.2 cm³/mol. The highest BCUT2D eigenvalue weighted by Crippen LogP contribution is 2.37. The fourth-order valence-electron chi connectivity index (χ4n) is 3.08. The van der Waals surface area contributed by atoms with Gasteiger partial charge in [-0.05, 0) is 31.0 Å². The average Bonchev–Trinajstić information content (AvgIpc) is 3.21. The maximum absolute atomic E-state index is 14.0. The van der Waals surface area contributed by atoms with E-state index < -0.39 is 64.9 Å². The van der Waals surface area contributed by atoms with Crippen molar-refractivity contribution in [2.24, 2.45) is 0 Å². The number of nitrogens with one attached hydrogen (secondary N) is 1. The number of hydrogen-bond acceptors (Lipinski definition) is 4. The van der Waals surface area contributed by atoms with Crippen molar-refractivity contribution in [2.45, 2.75) is 38.0 Å². The molecule has 1 unspecified atom stereocenters. The molecule has 174 valence electrons. The van der Waals surface area contributed by atoms with Crippen LogP contribution in [0.1, 0.15) is 30.2 Å². The molecule has 0 aliphatic carbocycles. The lowest BCUT2D eigenvalue weighted by atomic mass is 10.1. The van der Waals surface area contributed by atoms with E-state index in [1.54, 1.807) is 5.32 Å². The molecule has 0 bridgehead atoms. The van der Waals surface area contributed by atoms with Crippen LogP contribution in [0.5, 0.6) is 0 Å². The Bertz CT molecular complexity index is 1110. The fourth-order valence-corrected chi connectivity index (χ4v) is 3.08. The Morgan fingerprint density at radius 3 is 2.16 bits per heavy atom. The Kier molecular flexibility index (Phi) is 6.18. The zero-order chi connectivity index (χ0) is 23.8. The summed E-state index contributed by atoms with van der Waals surface area (Å²) in [6.07, 6.45) is -9.68. The number of carbonyl (C=O) groups is 1. The van der Waals surface area contributed by atoms with Gasteiger partial charge in [0.15, 0.2) is 0 Å². The maximum atomic E-state index is 14.0. The summed E-state index contributed by atoms with van der Waals surface area (Å²) < 4.78 is 97.8. The first-order valence-corrected chi connectivity index (χ1v) is 9.00. The summed E-state index contributed by atoms with van der Waals surface area (Å²) in [5.41, 5.74) is -6.84. The molecule has 0 saturated carbocycles. The van der Waals surface area contributed by atoms with Gasteiger partial charge in [-0.25, -0.2) is 9.36 Å². The number of benzene rings is 1. The molecule has 32 heavy (non-hydrogen) atoms. The Balaban J connectivity index is 1.92. The van der Waals surface area contributed by atoms with Crippen molar-refractivity contribution in [3.05, 3.63) is 62.2 Å². The number of nitrogens with zero attached hydrogens (tertiary/aromatic N) is 2. The molecule has 1 aliphatic heterocycles. The van der Waals surface area contributed by atoms with Crippen molar-refractivity contribution in [1.82, 2.24) is 9.13 Å². The van der Waals surface area contributed by atoms with Crippen molar-refractivity contribution < 1.29 is 40.3 Å². The molecule has 14 heteroatoms. The smallest absolute Gasteiger partial charge is 0.358 e. The van der Waals surface area contributed by atoms with E-state index in [1.165, 1.54) is 0 Å². The van der Waals surface area contributed by atoms with Gasteiger partial charge in [0.2, 0.25) is 11.7 Å². The molecule has 1 amide bonds. The first-order chi connectivity index (χ1) is 14.8. The first kappa shape index (κ1) is 23.5. The lowest BCUT2D eigenvalue weighted by Crippen LogP contribution is -2.44. The molecule has 1 aliphatic rings. The molecule has 1 N–H and O–H groups in total. The standard InChI is InChI=1S/C18H14F7N3O4/c19-12-7-27(14-2-1-3-32-14)16(31)28(15(12)30)8-13(29)26-11-5-9(17(20,21)22)4-10(6-11)18(23,24)25/h4-7,14H,1-3,8H2,(H,26,29). The molecule has 2 heterocycles. The van der Waals surface area contributed by atoms with E-state index in [2.05, 4.69) is 0 Å². The van der Waals surface area contributed by atoms with E-state index in [-0.39, 0.29) is 29.4 Å². The zero-order valence-corrected chi connectivity index (χ0v) is 15.9. The van der Waals surface area contributed by atoms with E-state index in [4.69, 9.17) is 4.74 Å². The number of amides is 1. The summed E-state index contributed by atoms with van der Waals surface area (Å²) >= 11 is 0. The van der Waals surface area contributed by atoms with Crippen LogP contribution in [0.15, 0.2) is 34.0 Å². The average molecular weight is 469 g/mol. The van der Waals surface area contributed by atoms with Crippen molar-refractivity contribution >= 4 is 11.6 Å². The Labute approximate surface area is 174 Å². The van der Waals surface area contributed by atoms with Gasteiger partial charge in [0.05, 0.1) is 17.3 Å². The van der Waals surface area contributed by atoms with Gasteiger partial charge in [0.1, 0.15) is 12.8 Å². The molecule has 1 atom stereocenters. The predicted octanol–water partition coefficient (Wildman–Crippen LogP) is 3.13. The quantitative estimate of drug-likeness (QED) is 0.698. The minimum absolute atomic E-state index is 0.132. The number of hydrogen-bond donors (Lipinski definition) is 1. The lowest BCUT2D eigenvalue weighted by molar-refractivity contribution is -0.143. The van der Waals surface area contributed by atoms with Crippen LogP contribution in [0.2, 0.25) is 0 Å². The number of carbonyl (C=O) groups excluding carboxylic acids is 1. The van der Waals surface area contributed by atoms with Gasteiger partial charge in [-0.3, -0.25) is 14.2 Å². The molecule has 1 aromatic heterocycles. The van der Waals surface area contributed by atoms with E-state index in [1.807, 2.05) is 0 Å². The molecule has 2 aromatic rings. The normalized spacial score (nSPS) is 16.9. The second kappa shape index (κ2) is 8.41. The van der Waals surface area contributed by atoms with E-state index in [0.29, 0.717) is 19.0 Å².